The molecule has 0 radical (unpaired) electrons. The zero-order valence-electron chi connectivity index (χ0n) is 14.1. The van der Waals surface area contributed by atoms with Gasteiger partial charge >= 0.3 is 5.97 Å². The van der Waals surface area contributed by atoms with Crippen LogP contribution in [-0.4, -0.2) is 46.5 Å². The molecule has 1 fully saturated rings. The van der Waals surface area contributed by atoms with Gasteiger partial charge in [0.15, 0.2) is 0 Å². The summed E-state index contributed by atoms with van der Waals surface area (Å²) in [5, 5.41) is 15.0. The number of hydrogen-bond acceptors (Lipinski definition) is 5. The van der Waals surface area contributed by atoms with Crippen LogP contribution in [0.3, 0.4) is 0 Å². The van der Waals surface area contributed by atoms with Gasteiger partial charge in [-0.3, -0.25) is 14.5 Å². The van der Waals surface area contributed by atoms with Gasteiger partial charge < -0.3 is 10.4 Å². The van der Waals surface area contributed by atoms with Crippen molar-refractivity contribution in [2.75, 3.05) is 25.0 Å². The molecular formula is C18H21N3O3S. The molecule has 1 aliphatic heterocycles. The molecule has 0 spiro atoms. The first kappa shape index (κ1) is 17.6. The summed E-state index contributed by atoms with van der Waals surface area (Å²) in [6, 6.07) is 7.65. The molecule has 6 nitrogen and oxygen atoms in total. The van der Waals surface area contributed by atoms with Gasteiger partial charge in [0.1, 0.15) is 0 Å². The number of benzene rings is 1. The van der Waals surface area contributed by atoms with Crippen molar-refractivity contribution in [2.24, 2.45) is 5.92 Å². The third-order valence-electron chi connectivity index (χ3n) is 4.37. The van der Waals surface area contributed by atoms with Crippen molar-refractivity contribution >= 4 is 28.9 Å². The van der Waals surface area contributed by atoms with Crippen LogP contribution < -0.4 is 5.32 Å². The van der Waals surface area contributed by atoms with Crippen LogP contribution in [0, 0.1) is 12.8 Å². The van der Waals surface area contributed by atoms with E-state index < -0.39 is 5.97 Å². The van der Waals surface area contributed by atoms with Gasteiger partial charge in [0.25, 0.3) is 0 Å². The highest BCUT2D eigenvalue weighted by molar-refractivity contribution is 7.09. The SMILES string of the molecule is Cc1nc(-c2cccc(NC(=O)CN3CCC(C(=O)O)CC3)c2)cs1. The van der Waals surface area contributed by atoms with Crippen molar-refractivity contribution in [3.05, 3.63) is 34.7 Å². The van der Waals surface area contributed by atoms with Crippen molar-refractivity contribution in [3.63, 3.8) is 0 Å². The zero-order valence-corrected chi connectivity index (χ0v) is 14.9. The summed E-state index contributed by atoms with van der Waals surface area (Å²) in [4.78, 5) is 29.7. The van der Waals surface area contributed by atoms with E-state index in [4.69, 9.17) is 5.11 Å². The van der Waals surface area contributed by atoms with E-state index in [2.05, 4.69) is 10.3 Å². The number of aliphatic carboxylic acids is 1. The van der Waals surface area contributed by atoms with Crippen LogP contribution >= 0.6 is 11.3 Å². The number of aryl methyl sites for hydroxylation is 1. The molecular weight excluding hydrogens is 338 g/mol. The minimum absolute atomic E-state index is 0.0830. The largest absolute Gasteiger partial charge is 0.481 e. The van der Waals surface area contributed by atoms with Crippen LogP contribution in [0.4, 0.5) is 5.69 Å². The topological polar surface area (TPSA) is 82.5 Å². The van der Waals surface area contributed by atoms with E-state index in [0.717, 1.165) is 22.0 Å². The number of hydrogen-bond donors (Lipinski definition) is 2. The molecule has 3 rings (SSSR count). The van der Waals surface area contributed by atoms with Crippen LogP contribution in [0.15, 0.2) is 29.6 Å². The molecule has 0 atom stereocenters. The molecule has 0 aliphatic carbocycles. The van der Waals surface area contributed by atoms with Crippen LogP contribution in [0.25, 0.3) is 11.3 Å². The normalized spacial score (nSPS) is 15.9. The fourth-order valence-corrected chi connectivity index (χ4v) is 3.62. The fourth-order valence-electron chi connectivity index (χ4n) is 2.99. The molecule has 0 bridgehead atoms. The molecule has 2 heterocycles. The Morgan fingerprint density at radius 1 is 1.36 bits per heavy atom. The number of rotatable bonds is 5. The van der Waals surface area contributed by atoms with Crippen molar-refractivity contribution in [2.45, 2.75) is 19.8 Å². The van der Waals surface area contributed by atoms with Gasteiger partial charge in [-0.25, -0.2) is 4.98 Å². The lowest BCUT2D eigenvalue weighted by Gasteiger charge is -2.29. The number of likely N-dealkylation sites (tertiary alicyclic amines) is 1. The Morgan fingerprint density at radius 3 is 2.76 bits per heavy atom. The molecule has 1 aromatic heterocycles. The lowest BCUT2D eigenvalue weighted by atomic mass is 9.97. The molecule has 1 aliphatic rings. The van der Waals surface area contributed by atoms with E-state index in [0.29, 0.717) is 25.9 Å². The third-order valence-corrected chi connectivity index (χ3v) is 5.14. The van der Waals surface area contributed by atoms with Crippen LogP contribution in [0.5, 0.6) is 0 Å². The van der Waals surface area contributed by atoms with E-state index in [9.17, 15) is 9.59 Å². The molecule has 25 heavy (non-hydrogen) atoms. The number of nitrogens with zero attached hydrogens (tertiary/aromatic N) is 2. The average molecular weight is 359 g/mol. The van der Waals surface area contributed by atoms with Crippen molar-refractivity contribution in [1.29, 1.82) is 0 Å². The Hall–Kier alpha value is -2.25. The monoisotopic (exact) mass is 359 g/mol. The first-order valence-electron chi connectivity index (χ1n) is 8.29. The Kier molecular flexibility index (Phi) is 5.45. The molecule has 2 aromatic rings. The maximum absolute atomic E-state index is 12.3. The summed E-state index contributed by atoms with van der Waals surface area (Å²) in [5.74, 6) is -1.10. The highest BCUT2D eigenvalue weighted by Gasteiger charge is 2.25. The smallest absolute Gasteiger partial charge is 0.306 e. The van der Waals surface area contributed by atoms with Gasteiger partial charge in [0.05, 0.1) is 23.2 Å². The number of carbonyl (C=O) groups excluding carboxylic acids is 1. The molecule has 1 aromatic carbocycles. The maximum Gasteiger partial charge on any atom is 0.306 e. The predicted molar refractivity (Wildman–Crippen MR) is 97.7 cm³/mol. The minimum atomic E-state index is -0.738. The van der Waals surface area contributed by atoms with E-state index >= 15 is 0 Å². The molecule has 2 N–H and O–H groups in total. The Balaban J connectivity index is 1.56. The number of aromatic nitrogens is 1. The summed E-state index contributed by atoms with van der Waals surface area (Å²) in [5.41, 5.74) is 2.63. The Bertz CT molecular complexity index is 766. The number of nitrogens with one attached hydrogen (secondary N) is 1. The second-order valence-electron chi connectivity index (χ2n) is 6.27. The van der Waals surface area contributed by atoms with Gasteiger partial charge in [-0.1, -0.05) is 12.1 Å². The first-order chi connectivity index (χ1) is 12.0. The maximum atomic E-state index is 12.3. The van der Waals surface area contributed by atoms with Gasteiger partial charge in [-0.2, -0.15) is 0 Å². The lowest BCUT2D eigenvalue weighted by molar-refractivity contribution is -0.143. The van der Waals surface area contributed by atoms with Crippen molar-refractivity contribution in [1.82, 2.24) is 9.88 Å². The van der Waals surface area contributed by atoms with Crippen LogP contribution in [0.2, 0.25) is 0 Å². The number of thiazole rings is 1. The quantitative estimate of drug-likeness (QED) is 0.858. The minimum Gasteiger partial charge on any atom is -0.481 e. The summed E-state index contributed by atoms with van der Waals surface area (Å²) < 4.78 is 0. The van der Waals surface area contributed by atoms with E-state index in [1.165, 1.54) is 0 Å². The third kappa shape index (κ3) is 4.64. The number of carbonyl (C=O) groups is 2. The van der Waals surface area contributed by atoms with Crippen molar-refractivity contribution in [3.8, 4) is 11.3 Å². The number of carboxylic acid groups (broad SMARTS) is 1. The molecule has 1 saturated heterocycles. The molecule has 7 heteroatoms. The number of anilines is 1. The van der Waals surface area contributed by atoms with E-state index in [-0.39, 0.29) is 18.4 Å². The highest BCUT2D eigenvalue weighted by atomic mass is 32.1. The molecule has 0 unspecified atom stereocenters. The Morgan fingerprint density at radius 2 is 2.12 bits per heavy atom. The van der Waals surface area contributed by atoms with Gasteiger partial charge in [0, 0.05) is 16.6 Å². The van der Waals surface area contributed by atoms with Gasteiger partial charge in [-0.05, 0) is 45.0 Å². The van der Waals surface area contributed by atoms with Crippen LogP contribution in [-0.2, 0) is 9.59 Å². The van der Waals surface area contributed by atoms with Gasteiger partial charge in [0.2, 0.25) is 5.91 Å². The standard InChI is InChI=1S/C18H21N3O3S/c1-12-19-16(11-25-12)14-3-2-4-15(9-14)20-17(22)10-21-7-5-13(6-8-21)18(23)24/h2-4,9,11,13H,5-8,10H2,1H3,(H,20,22)(H,23,24). The lowest BCUT2D eigenvalue weighted by Crippen LogP contribution is -2.40. The van der Waals surface area contributed by atoms with Gasteiger partial charge in [-0.15, -0.1) is 11.3 Å². The highest BCUT2D eigenvalue weighted by Crippen LogP contribution is 2.24. The second kappa shape index (κ2) is 7.76. The van der Waals surface area contributed by atoms with E-state index in [1.807, 2.05) is 41.5 Å². The number of piperidine rings is 1. The second-order valence-corrected chi connectivity index (χ2v) is 7.33. The summed E-state index contributed by atoms with van der Waals surface area (Å²) in [7, 11) is 0. The fraction of sp³-hybridized carbons (Fsp3) is 0.389. The average Bonchev–Trinajstić information content (AvgIpc) is 3.02. The number of amides is 1. The molecule has 0 saturated carbocycles. The molecule has 1 amide bonds. The Labute approximate surface area is 150 Å². The molecule has 132 valence electrons. The predicted octanol–water partition coefficient (Wildman–Crippen LogP) is 2.85. The summed E-state index contributed by atoms with van der Waals surface area (Å²) >= 11 is 1.60. The van der Waals surface area contributed by atoms with Crippen LogP contribution in [0.1, 0.15) is 17.8 Å². The zero-order chi connectivity index (χ0) is 17.8. The van der Waals surface area contributed by atoms with E-state index in [1.54, 1.807) is 11.3 Å². The van der Waals surface area contributed by atoms with Crippen molar-refractivity contribution < 1.29 is 14.7 Å². The first-order valence-corrected chi connectivity index (χ1v) is 9.17. The summed E-state index contributed by atoms with van der Waals surface area (Å²) in [6.07, 6.45) is 1.20. The summed E-state index contributed by atoms with van der Waals surface area (Å²) in [6.45, 7) is 3.53. The number of carboxylic acids is 1.